The maximum Gasteiger partial charge on any atom is 0.240 e. The van der Waals surface area contributed by atoms with Gasteiger partial charge in [0.1, 0.15) is 11.5 Å². The minimum atomic E-state index is -3.85. The molecule has 0 aliphatic carbocycles. The Bertz CT molecular complexity index is 1070. The molecule has 2 N–H and O–H groups in total. The number of amides is 1. The molecule has 7 nitrogen and oxygen atoms in total. The van der Waals surface area contributed by atoms with Gasteiger partial charge in [-0.1, -0.05) is 0 Å². The summed E-state index contributed by atoms with van der Waals surface area (Å²) < 4.78 is 54.7. The summed E-state index contributed by atoms with van der Waals surface area (Å²) in [5.41, 5.74) is 0.467. The molecule has 1 aromatic heterocycles. The van der Waals surface area contributed by atoms with Gasteiger partial charge in [0.2, 0.25) is 15.9 Å². The molecule has 0 aliphatic heterocycles. The number of sulfonamides is 1. The number of hydrogen-bond donors (Lipinski definition) is 2. The molecule has 146 valence electrons. The van der Waals surface area contributed by atoms with Crippen LogP contribution in [-0.4, -0.2) is 30.7 Å². The topological polar surface area (TPSA) is 93.1 Å². The highest BCUT2D eigenvalue weighted by molar-refractivity contribution is 7.89. The van der Waals surface area contributed by atoms with Crippen LogP contribution in [0.5, 0.6) is 0 Å². The van der Waals surface area contributed by atoms with Crippen molar-refractivity contribution in [2.24, 2.45) is 0 Å². The van der Waals surface area contributed by atoms with Crippen LogP contribution in [0.2, 0.25) is 0 Å². The van der Waals surface area contributed by atoms with Crippen LogP contribution in [0.25, 0.3) is 5.69 Å². The monoisotopic (exact) mass is 406 g/mol. The molecule has 3 aromatic rings. The fourth-order valence-corrected chi connectivity index (χ4v) is 3.43. The van der Waals surface area contributed by atoms with E-state index in [1.807, 2.05) is 0 Å². The Morgan fingerprint density at radius 2 is 1.86 bits per heavy atom. The van der Waals surface area contributed by atoms with Gasteiger partial charge in [-0.05, 0) is 48.5 Å². The third kappa shape index (κ3) is 4.78. The molecule has 0 bridgehead atoms. The summed E-state index contributed by atoms with van der Waals surface area (Å²) in [5, 5.41) is 6.43. The van der Waals surface area contributed by atoms with Crippen LogP contribution in [0, 0.1) is 11.6 Å². The Morgan fingerprint density at radius 3 is 2.50 bits per heavy atom. The zero-order chi connectivity index (χ0) is 20.1. The van der Waals surface area contributed by atoms with E-state index >= 15 is 0 Å². The third-order valence-electron chi connectivity index (χ3n) is 3.75. The third-order valence-corrected chi connectivity index (χ3v) is 5.23. The van der Waals surface area contributed by atoms with Crippen molar-refractivity contribution in [1.29, 1.82) is 0 Å². The fourth-order valence-electron chi connectivity index (χ4n) is 2.40. The maximum absolute atomic E-state index is 14.2. The lowest BCUT2D eigenvalue weighted by molar-refractivity contribution is -0.116. The van der Waals surface area contributed by atoms with Crippen LogP contribution in [0.4, 0.5) is 14.5 Å². The first-order chi connectivity index (χ1) is 13.3. The Kier molecular flexibility index (Phi) is 5.81. The largest absolute Gasteiger partial charge is 0.326 e. The van der Waals surface area contributed by atoms with E-state index in [1.165, 1.54) is 23.0 Å². The smallest absolute Gasteiger partial charge is 0.240 e. The van der Waals surface area contributed by atoms with Crippen molar-refractivity contribution in [1.82, 2.24) is 14.5 Å². The van der Waals surface area contributed by atoms with Gasteiger partial charge in [0, 0.05) is 31.0 Å². The van der Waals surface area contributed by atoms with E-state index in [0.29, 0.717) is 0 Å². The van der Waals surface area contributed by atoms with Crippen molar-refractivity contribution in [2.45, 2.75) is 11.3 Å². The van der Waals surface area contributed by atoms with E-state index in [9.17, 15) is 22.0 Å². The molecule has 0 atom stereocenters. The molecule has 0 spiro atoms. The second kappa shape index (κ2) is 8.28. The Morgan fingerprint density at radius 1 is 1.11 bits per heavy atom. The lowest BCUT2D eigenvalue weighted by atomic mass is 10.2. The van der Waals surface area contributed by atoms with Crippen molar-refractivity contribution in [3.05, 3.63) is 72.6 Å². The zero-order valence-electron chi connectivity index (χ0n) is 14.5. The van der Waals surface area contributed by atoms with E-state index in [4.69, 9.17) is 0 Å². The van der Waals surface area contributed by atoms with Gasteiger partial charge in [-0.2, -0.15) is 5.10 Å². The number of carbonyl (C=O) groups excluding carboxylic acids is 1. The minimum Gasteiger partial charge on any atom is -0.326 e. The predicted octanol–water partition coefficient (Wildman–Crippen LogP) is 2.46. The highest BCUT2D eigenvalue weighted by Crippen LogP contribution is 2.18. The average Bonchev–Trinajstić information content (AvgIpc) is 3.16. The molecular weight excluding hydrogens is 390 g/mol. The molecule has 0 aliphatic rings. The summed E-state index contributed by atoms with van der Waals surface area (Å²) in [6.07, 6.45) is 2.94. The van der Waals surface area contributed by atoms with E-state index in [0.717, 1.165) is 30.3 Å². The maximum atomic E-state index is 14.2. The molecule has 3 rings (SSSR count). The van der Waals surface area contributed by atoms with Crippen LogP contribution in [-0.2, 0) is 14.8 Å². The molecule has 0 fully saturated rings. The molecule has 1 heterocycles. The van der Waals surface area contributed by atoms with E-state index in [-0.39, 0.29) is 29.2 Å². The number of hydrogen-bond acceptors (Lipinski definition) is 4. The molecule has 0 radical (unpaired) electrons. The van der Waals surface area contributed by atoms with Gasteiger partial charge in [0.05, 0.1) is 4.90 Å². The number of anilines is 1. The summed E-state index contributed by atoms with van der Waals surface area (Å²) in [7, 11) is -3.85. The normalized spacial score (nSPS) is 11.4. The van der Waals surface area contributed by atoms with Crippen molar-refractivity contribution in [3.8, 4) is 5.69 Å². The average molecular weight is 406 g/mol. The quantitative estimate of drug-likeness (QED) is 0.630. The second-order valence-corrected chi connectivity index (χ2v) is 7.53. The first-order valence-electron chi connectivity index (χ1n) is 8.20. The van der Waals surface area contributed by atoms with Crippen molar-refractivity contribution >= 4 is 21.6 Å². The highest BCUT2D eigenvalue weighted by Gasteiger charge is 2.14. The van der Waals surface area contributed by atoms with Gasteiger partial charge in [-0.15, -0.1) is 0 Å². The molecule has 2 aromatic carbocycles. The molecule has 1 amide bonds. The summed E-state index contributed by atoms with van der Waals surface area (Å²) in [5.74, 6) is -1.62. The number of rotatable bonds is 7. The Hall–Kier alpha value is -3.11. The van der Waals surface area contributed by atoms with E-state index < -0.39 is 27.6 Å². The van der Waals surface area contributed by atoms with Crippen LogP contribution < -0.4 is 10.0 Å². The standard InChI is InChI=1S/C18H16F2N4O3S/c19-13-2-5-15(6-3-13)28(26,27)22-10-8-18(25)23-14-4-7-17(16(20)12-14)24-11-1-9-21-24/h1-7,9,11-12,22H,8,10H2,(H,23,25). The first-order valence-corrected chi connectivity index (χ1v) is 9.68. The van der Waals surface area contributed by atoms with Gasteiger partial charge < -0.3 is 5.32 Å². The summed E-state index contributed by atoms with van der Waals surface area (Å²) in [6.45, 7) is -0.167. The SMILES string of the molecule is O=C(CCNS(=O)(=O)c1ccc(F)cc1)Nc1ccc(-n2cccn2)c(F)c1. The van der Waals surface area contributed by atoms with Crippen LogP contribution in [0.3, 0.4) is 0 Å². The highest BCUT2D eigenvalue weighted by atomic mass is 32.2. The predicted molar refractivity (Wildman–Crippen MR) is 98.4 cm³/mol. The number of benzene rings is 2. The van der Waals surface area contributed by atoms with Gasteiger partial charge in [0.25, 0.3) is 0 Å². The summed E-state index contributed by atoms with van der Waals surface area (Å²) in [6, 6.07) is 10.1. The Labute approximate surface area is 160 Å². The number of carbonyl (C=O) groups is 1. The summed E-state index contributed by atoms with van der Waals surface area (Å²) >= 11 is 0. The Balaban J connectivity index is 1.54. The molecule has 28 heavy (non-hydrogen) atoms. The zero-order valence-corrected chi connectivity index (χ0v) is 15.3. The van der Waals surface area contributed by atoms with Gasteiger partial charge in [0.15, 0.2) is 5.82 Å². The number of halogens is 2. The summed E-state index contributed by atoms with van der Waals surface area (Å²) in [4.78, 5) is 11.9. The first kappa shape index (κ1) is 19.6. The van der Waals surface area contributed by atoms with Crippen molar-refractivity contribution in [3.63, 3.8) is 0 Å². The van der Waals surface area contributed by atoms with E-state index in [2.05, 4.69) is 15.1 Å². The molecule has 0 saturated heterocycles. The van der Waals surface area contributed by atoms with Crippen LogP contribution in [0.15, 0.2) is 65.8 Å². The lowest BCUT2D eigenvalue weighted by Crippen LogP contribution is -2.27. The van der Waals surface area contributed by atoms with Gasteiger partial charge in [-0.3, -0.25) is 4.79 Å². The molecular formula is C18H16F2N4O3S. The van der Waals surface area contributed by atoms with Gasteiger partial charge in [-0.25, -0.2) is 26.6 Å². The lowest BCUT2D eigenvalue weighted by Gasteiger charge is -2.09. The molecule has 0 unspecified atom stereocenters. The van der Waals surface area contributed by atoms with Crippen LogP contribution in [0.1, 0.15) is 6.42 Å². The molecule has 0 saturated carbocycles. The minimum absolute atomic E-state index is 0.106. The second-order valence-electron chi connectivity index (χ2n) is 5.77. The number of nitrogens with zero attached hydrogens (tertiary/aromatic N) is 2. The fraction of sp³-hybridized carbons (Fsp3) is 0.111. The van der Waals surface area contributed by atoms with Crippen molar-refractivity contribution < 1.29 is 22.0 Å². The molecule has 10 heteroatoms. The van der Waals surface area contributed by atoms with Gasteiger partial charge >= 0.3 is 0 Å². The van der Waals surface area contributed by atoms with Crippen LogP contribution >= 0.6 is 0 Å². The van der Waals surface area contributed by atoms with Crippen molar-refractivity contribution in [2.75, 3.05) is 11.9 Å². The number of aromatic nitrogens is 2. The number of nitrogens with one attached hydrogen (secondary N) is 2. The van der Waals surface area contributed by atoms with E-state index in [1.54, 1.807) is 12.3 Å².